The molecule has 5 heteroatoms. The van der Waals surface area contributed by atoms with E-state index in [0.29, 0.717) is 18.7 Å². The molecule has 1 rings (SSSR count). The summed E-state index contributed by atoms with van der Waals surface area (Å²) in [6.07, 6.45) is 6.36. The predicted molar refractivity (Wildman–Crippen MR) is 74.5 cm³/mol. The molecular weight excluding hydrogens is 296 g/mol. The first-order chi connectivity index (χ1) is 8.69. The maximum absolute atomic E-state index is 12.2. The van der Waals surface area contributed by atoms with Crippen LogP contribution >= 0.6 is 15.9 Å². The first-order valence-corrected chi connectivity index (χ1v) is 6.99. The molecule has 4 nitrogen and oxygen atoms in total. The van der Waals surface area contributed by atoms with E-state index >= 15 is 0 Å². The molecule has 0 radical (unpaired) electrons. The number of carbonyl (C=O) groups excluding carboxylic acids is 1. The summed E-state index contributed by atoms with van der Waals surface area (Å²) in [6.45, 7) is 3.16. The molecule has 0 saturated heterocycles. The Balaban J connectivity index is 2.69. The Morgan fingerprint density at radius 3 is 2.78 bits per heavy atom. The Morgan fingerprint density at radius 1 is 1.39 bits per heavy atom. The maximum atomic E-state index is 12.2. The lowest BCUT2D eigenvalue weighted by Gasteiger charge is -2.21. The zero-order valence-electron chi connectivity index (χ0n) is 10.6. The fraction of sp³-hybridized carbons (Fsp3) is 0.538. The molecule has 0 spiro atoms. The molecule has 1 amide bonds. The number of pyridine rings is 1. The van der Waals surface area contributed by atoms with Crippen molar-refractivity contribution in [2.45, 2.75) is 26.2 Å². The third-order valence-electron chi connectivity index (χ3n) is 2.64. The van der Waals surface area contributed by atoms with E-state index in [9.17, 15) is 4.79 Å². The third kappa shape index (κ3) is 4.74. The van der Waals surface area contributed by atoms with Gasteiger partial charge in [0.1, 0.15) is 0 Å². The van der Waals surface area contributed by atoms with Crippen LogP contribution in [0, 0.1) is 0 Å². The molecule has 0 unspecified atom stereocenters. The number of unbranched alkanes of at least 4 members (excludes halogenated alkanes) is 2. The van der Waals surface area contributed by atoms with Gasteiger partial charge in [-0.2, -0.15) is 0 Å². The van der Waals surface area contributed by atoms with Crippen molar-refractivity contribution in [1.29, 1.82) is 0 Å². The molecule has 1 aromatic heterocycles. The molecule has 0 saturated carbocycles. The van der Waals surface area contributed by atoms with Gasteiger partial charge in [0.05, 0.1) is 12.2 Å². The molecule has 0 aromatic carbocycles. The lowest BCUT2D eigenvalue weighted by atomic mass is 10.2. The van der Waals surface area contributed by atoms with Gasteiger partial charge in [0.15, 0.2) is 0 Å². The van der Waals surface area contributed by atoms with Gasteiger partial charge in [-0.15, -0.1) is 0 Å². The number of hydrogen-bond donors (Lipinski definition) is 1. The molecule has 1 aromatic rings. The minimum Gasteiger partial charge on any atom is -0.395 e. The van der Waals surface area contributed by atoms with Gasteiger partial charge in [0.2, 0.25) is 0 Å². The molecule has 0 aliphatic rings. The number of aliphatic hydroxyl groups excluding tert-OH is 1. The van der Waals surface area contributed by atoms with Crippen LogP contribution in [0.25, 0.3) is 0 Å². The summed E-state index contributed by atoms with van der Waals surface area (Å²) in [5.41, 5.74) is 0.550. The topological polar surface area (TPSA) is 53.4 Å². The van der Waals surface area contributed by atoms with E-state index in [1.54, 1.807) is 23.4 Å². The van der Waals surface area contributed by atoms with Crippen molar-refractivity contribution in [3.05, 3.63) is 28.5 Å². The second kappa shape index (κ2) is 8.21. The van der Waals surface area contributed by atoms with Gasteiger partial charge in [-0.25, -0.2) is 0 Å². The molecule has 0 aliphatic carbocycles. The zero-order valence-corrected chi connectivity index (χ0v) is 12.2. The number of amides is 1. The largest absolute Gasteiger partial charge is 0.395 e. The Morgan fingerprint density at radius 2 is 2.17 bits per heavy atom. The summed E-state index contributed by atoms with van der Waals surface area (Å²) in [5, 5.41) is 9.02. The maximum Gasteiger partial charge on any atom is 0.255 e. The zero-order chi connectivity index (χ0) is 13.4. The SMILES string of the molecule is CCCCCN(CCO)C(=O)c1cncc(Br)c1. The van der Waals surface area contributed by atoms with E-state index in [-0.39, 0.29) is 12.5 Å². The normalized spacial score (nSPS) is 10.4. The van der Waals surface area contributed by atoms with Crippen molar-refractivity contribution >= 4 is 21.8 Å². The number of nitrogens with zero attached hydrogens (tertiary/aromatic N) is 2. The number of rotatable bonds is 7. The Kier molecular flexibility index (Phi) is 6.90. The molecule has 0 atom stereocenters. The molecule has 1 N–H and O–H groups in total. The number of carbonyl (C=O) groups is 1. The standard InChI is InChI=1S/C13H19BrN2O2/c1-2-3-4-5-16(6-7-17)13(18)11-8-12(14)10-15-9-11/h8-10,17H,2-7H2,1H3. The monoisotopic (exact) mass is 314 g/mol. The summed E-state index contributed by atoms with van der Waals surface area (Å²) in [6, 6.07) is 1.75. The molecule has 0 fully saturated rings. The van der Waals surface area contributed by atoms with Gasteiger partial charge < -0.3 is 10.0 Å². The number of aliphatic hydroxyl groups is 1. The van der Waals surface area contributed by atoms with Crippen LogP contribution in [0.5, 0.6) is 0 Å². The van der Waals surface area contributed by atoms with Crippen LogP contribution in [0.15, 0.2) is 22.9 Å². The highest BCUT2D eigenvalue weighted by atomic mass is 79.9. The average Bonchev–Trinajstić information content (AvgIpc) is 2.37. The lowest BCUT2D eigenvalue weighted by Crippen LogP contribution is -2.34. The van der Waals surface area contributed by atoms with Crippen molar-refractivity contribution in [2.24, 2.45) is 0 Å². The smallest absolute Gasteiger partial charge is 0.255 e. The van der Waals surface area contributed by atoms with E-state index in [0.717, 1.165) is 23.7 Å². The fourth-order valence-corrected chi connectivity index (χ4v) is 2.06. The van der Waals surface area contributed by atoms with E-state index in [4.69, 9.17) is 5.11 Å². The van der Waals surface area contributed by atoms with Crippen LogP contribution in [0.3, 0.4) is 0 Å². The fourth-order valence-electron chi connectivity index (χ4n) is 1.70. The highest BCUT2D eigenvalue weighted by Crippen LogP contribution is 2.12. The van der Waals surface area contributed by atoms with Crippen LogP contribution in [0.1, 0.15) is 36.5 Å². The van der Waals surface area contributed by atoms with Crippen LogP contribution in [-0.4, -0.2) is 40.6 Å². The second-order valence-corrected chi connectivity index (χ2v) is 5.03. The highest BCUT2D eigenvalue weighted by Gasteiger charge is 2.15. The third-order valence-corrected chi connectivity index (χ3v) is 3.07. The van der Waals surface area contributed by atoms with Crippen LogP contribution < -0.4 is 0 Å². The van der Waals surface area contributed by atoms with Gasteiger partial charge in [0, 0.05) is 30.0 Å². The van der Waals surface area contributed by atoms with Gasteiger partial charge in [0.25, 0.3) is 5.91 Å². The van der Waals surface area contributed by atoms with Crippen LogP contribution in [-0.2, 0) is 0 Å². The average molecular weight is 315 g/mol. The molecule has 1 heterocycles. The van der Waals surface area contributed by atoms with Crippen molar-refractivity contribution in [3.63, 3.8) is 0 Å². The molecular formula is C13H19BrN2O2. The van der Waals surface area contributed by atoms with Gasteiger partial charge in [-0.3, -0.25) is 9.78 Å². The summed E-state index contributed by atoms with van der Waals surface area (Å²) in [5.74, 6) is -0.0750. The number of aromatic nitrogens is 1. The lowest BCUT2D eigenvalue weighted by molar-refractivity contribution is 0.0718. The van der Waals surface area contributed by atoms with Gasteiger partial charge in [-0.05, 0) is 28.4 Å². The quantitative estimate of drug-likeness (QED) is 0.787. The summed E-state index contributed by atoms with van der Waals surface area (Å²) in [4.78, 5) is 17.9. The molecule has 100 valence electrons. The minimum absolute atomic E-state index is 0.0146. The summed E-state index contributed by atoms with van der Waals surface area (Å²) in [7, 11) is 0. The summed E-state index contributed by atoms with van der Waals surface area (Å²) >= 11 is 3.30. The van der Waals surface area contributed by atoms with E-state index in [1.807, 2.05) is 0 Å². The second-order valence-electron chi connectivity index (χ2n) is 4.11. The first-order valence-electron chi connectivity index (χ1n) is 6.19. The van der Waals surface area contributed by atoms with E-state index < -0.39 is 0 Å². The van der Waals surface area contributed by atoms with E-state index in [2.05, 4.69) is 27.8 Å². The van der Waals surface area contributed by atoms with Crippen molar-refractivity contribution in [2.75, 3.05) is 19.7 Å². The molecule has 18 heavy (non-hydrogen) atoms. The summed E-state index contributed by atoms with van der Waals surface area (Å²) < 4.78 is 0.783. The Bertz CT molecular complexity index is 385. The first kappa shape index (κ1) is 15.1. The predicted octanol–water partition coefficient (Wildman–Crippen LogP) is 2.47. The highest BCUT2D eigenvalue weighted by molar-refractivity contribution is 9.10. The van der Waals surface area contributed by atoms with Gasteiger partial charge in [-0.1, -0.05) is 19.8 Å². The molecule has 0 aliphatic heterocycles. The number of hydrogen-bond acceptors (Lipinski definition) is 3. The number of halogens is 1. The molecule has 0 bridgehead atoms. The van der Waals surface area contributed by atoms with Gasteiger partial charge >= 0.3 is 0 Å². The minimum atomic E-state index is -0.0750. The van der Waals surface area contributed by atoms with Crippen molar-refractivity contribution in [3.8, 4) is 0 Å². The van der Waals surface area contributed by atoms with Crippen LogP contribution in [0.4, 0.5) is 0 Å². The van der Waals surface area contributed by atoms with Crippen molar-refractivity contribution in [1.82, 2.24) is 9.88 Å². The van der Waals surface area contributed by atoms with Crippen molar-refractivity contribution < 1.29 is 9.90 Å². The Labute approximate surface area is 116 Å². The van der Waals surface area contributed by atoms with E-state index in [1.165, 1.54) is 0 Å². The van der Waals surface area contributed by atoms with Crippen LogP contribution in [0.2, 0.25) is 0 Å². The Hall–Kier alpha value is -0.940.